The fourth-order valence-electron chi connectivity index (χ4n) is 2.16. The van der Waals surface area contributed by atoms with Gasteiger partial charge in [-0.2, -0.15) is 0 Å². The Morgan fingerprint density at radius 1 is 1.26 bits per heavy atom. The van der Waals surface area contributed by atoms with E-state index in [9.17, 15) is 4.79 Å². The fourth-order valence-corrected chi connectivity index (χ4v) is 2.16. The Hall–Kier alpha value is -2.23. The third kappa shape index (κ3) is 2.47. The van der Waals surface area contributed by atoms with Gasteiger partial charge >= 0.3 is 0 Å². The average molecular weight is 256 g/mol. The van der Waals surface area contributed by atoms with Crippen LogP contribution in [0.5, 0.6) is 0 Å². The molecule has 4 nitrogen and oxygen atoms in total. The molecule has 3 rings (SSSR count). The summed E-state index contributed by atoms with van der Waals surface area (Å²) in [5, 5.41) is 0. The number of carbonyl (C=O) groups excluding carboxylic acids is 1. The van der Waals surface area contributed by atoms with Crippen molar-refractivity contribution in [1.29, 1.82) is 0 Å². The predicted molar refractivity (Wildman–Crippen MR) is 72.5 cm³/mol. The molecule has 1 fully saturated rings. The number of nitrogens with zero attached hydrogens (tertiary/aromatic N) is 1. The van der Waals surface area contributed by atoms with Gasteiger partial charge in [-0.3, -0.25) is 4.79 Å². The van der Waals surface area contributed by atoms with Gasteiger partial charge in [-0.25, -0.2) is 0 Å². The number of hydrogen-bond acceptors (Lipinski definition) is 3. The van der Waals surface area contributed by atoms with E-state index in [0.717, 1.165) is 24.1 Å². The standard InChI is InChI=1S/C15H16N2O2/c16-13-5-2-1-4-11(13)10-17(12-7-8-12)15(18)14-6-3-9-19-14/h1-6,9,12H,7-8,10,16H2. The van der Waals surface area contributed by atoms with Crippen LogP contribution in [0, 0.1) is 0 Å². The number of nitrogen functional groups attached to an aromatic ring is 1. The van der Waals surface area contributed by atoms with Gasteiger partial charge in [0.15, 0.2) is 5.76 Å². The Labute approximate surface area is 111 Å². The van der Waals surface area contributed by atoms with Crippen molar-refractivity contribution in [3.8, 4) is 0 Å². The topological polar surface area (TPSA) is 59.5 Å². The number of benzene rings is 1. The highest BCUT2D eigenvalue weighted by Crippen LogP contribution is 2.30. The van der Waals surface area contributed by atoms with Crippen LogP contribution in [0.1, 0.15) is 29.0 Å². The highest BCUT2D eigenvalue weighted by atomic mass is 16.3. The van der Waals surface area contributed by atoms with Gasteiger partial charge in [0.05, 0.1) is 6.26 Å². The van der Waals surface area contributed by atoms with Gasteiger partial charge in [0, 0.05) is 18.3 Å². The minimum atomic E-state index is -0.0595. The molecule has 2 N–H and O–H groups in total. The molecule has 1 aliphatic carbocycles. The average Bonchev–Trinajstić information content (AvgIpc) is 3.11. The Morgan fingerprint density at radius 3 is 2.68 bits per heavy atom. The summed E-state index contributed by atoms with van der Waals surface area (Å²) >= 11 is 0. The molecule has 0 atom stereocenters. The predicted octanol–water partition coefficient (Wildman–Crippen LogP) is 2.67. The summed E-state index contributed by atoms with van der Waals surface area (Å²) in [6.45, 7) is 0.539. The Kier molecular flexibility index (Phi) is 2.99. The smallest absolute Gasteiger partial charge is 0.290 e. The molecule has 0 saturated heterocycles. The summed E-state index contributed by atoms with van der Waals surface area (Å²) < 4.78 is 5.20. The normalized spacial score (nSPS) is 14.3. The summed E-state index contributed by atoms with van der Waals surface area (Å²) in [6, 6.07) is 11.4. The highest BCUT2D eigenvalue weighted by Gasteiger charge is 2.34. The monoisotopic (exact) mass is 256 g/mol. The molecule has 0 radical (unpaired) electrons. The van der Waals surface area contributed by atoms with Crippen molar-refractivity contribution in [2.45, 2.75) is 25.4 Å². The van der Waals surface area contributed by atoms with Gasteiger partial charge in [-0.05, 0) is 36.6 Å². The molecule has 0 aliphatic heterocycles. The second kappa shape index (κ2) is 4.80. The van der Waals surface area contributed by atoms with Crippen LogP contribution < -0.4 is 5.73 Å². The van der Waals surface area contributed by atoms with Crippen LogP contribution in [0.15, 0.2) is 47.1 Å². The van der Waals surface area contributed by atoms with Gasteiger partial charge in [-0.15, -0.1) is 0 Å². The molecule has 0 spiro atoms. The summed E-state index contributed by atoms with van der Waals surface area (Å²) in [5.74, 6) is 0.331. The first-order valence-electron chi connectivity index (χ1n) is 6.43. The lowest BCUT2D eigenvalue weighted by molar-refractivity contribution is 0.0698. The second-order valence-electron chi connectivity index (χ2n) is 4.84. The summed E-state index contributed by atoms with van der Waals surface area (Å²) in [7, 11) is 0. The van der Waals surface area contributed by atoms with Gasteiger partial charge in [0.1, 0.15) is 0 Å². The van der Waals surface area contributed by atoms with Crippen molar-refractivity contribution in [1.82, 2.24) is 4.90 Å². The van der Waals surface area contributed by atoms with Crippen LogP contribution in [0.25, 0.3) is 0 Å². The lowest BCUT2D eigenvalue weighted by Gasteiger charge is -2.22. The zero-order chi connectivity index (χ0) is 13.2. The maximum atomic E-state index is 12.4. The minimum Gasteiger partial charge on any atom is -0.459 e. The molecule has 1 aromatic carbocycles. The maximum absolute atomic E-state index is 12.4. The van der Waals surface area contributed by atoms with Crippen LogP contribution in [-0.4, -0.2) is 16.8 Å². The summed E-state index contributed by atoms with van der Waals surface area (Å²) in [6.07, 6.45) is 3.63. The SMILES string of the molecule is Nc1ccccc1CN(C(=O)c1ccco1)C1CC1. The zero-order valence-electron chi connectivity index (χ0n) is 10.6. The van der Waals surface area contributed by atoms with Crippen molar-refractivity contribution in [2.24, 2.45) is 0 Å². The van der Waals surface area contributed by atoms with Gasteiger partial charge in [0.2, 0.25) is 0 Å². The molecular weight excluding hydrogens is 240 g/mol. The molecule has 4 heteroatoms. The molecule has 1 heterocycles. The number of nitrogens with two attached hydrogens (primary N) is 1. The van der Waals surface area contributed by atoms with Gasteiger partial charge < -0.3 is 15.1 Å². The van der Waals surface area contributed by atoms with Crippen LogP contribution >= 0.6 is 0 Å². The minimum absolute atomic E-state index is 0.0595. The lowest BCUT2D eigenvalue weighted by Crippen LogP contribution is -2.32. The van der Waals surface area contributed by atoms with Crippen molar-refractivity contribution in [2.75, 3.05) is 5.73 Å². The van der Waals surface area contributed by atoms with Crippen molar-refractivity contribution < 1.29 is 9.21 Å². The molecule has 1 aromatic heterocycles. The highest BCUT2D eigenvalue weighted by molar-refractivity contribution is 5.91. The van der Waals surface area contributed by atoms with E-state index in [1.807, 2.05) is 29.2 Å². The molecule has 1 aliphatic rings. The van der Waals surface area contributed by atoms with E-state index in [1.165, 1.54) is 6.26 Å². The Morgan fingerprint density at radius 2 is 2.05 bits per heavy atom. The molecule has 1 saturated carbocycles. The van der Waals surface area contributed by atoms with E-state index in [-0.39, 0.29) is 5.91 Å². The fraction of sp³-hybridized carbons (Fsp3) is 0.267. The quantitative estimate of drug-likeness (QED) is 0.855. The van der Waals surface area contributed by atoms with Crippen molar-refractivity contribution >= 4 is 11.6 Å². The van der Waals surface area contributed by atoms with E-state index in [0.29, 0.717) is 18.3 Å². The molecule has 2 aromatic rings. The largest absolute Gasteiger partial charge is 0.459 e. The molecule has 0 unspecified atom stereocenters. The number of amides is 1. The number of rotatable bonds is 4. The second-order valence-corrected chi connectivity index (χ2v) is 4.84. The van der Waals surface area contributed by atoms with E-state index < -0.39 is 0 Å². The summed E-state index contributed by atoms with van der Waals surface area (Å²) in [5.41, 5.74) is 7.65. The third-order valence-electron chi connectivity index (χ3n) is 3.38. The lowest BCUT2D eigenvalue weighted by atomic mass is 10.1. The van der Waals surface area contributed by atoms with Crippen LogP contribution in [0.4, 0.5) is 5.69 Å². The first kappa shape index (κ1) is 11.8. The van der Waals surface area contributed by atoms with Crippen LogP contribution in [-0.2, 0) is 6.54 Å². The van der Waals surface area contributed by atoms with E-state index in [1.54, 1.807) is 12.1 Å². The zero-order valence-corrected chi connectivity index (χ0v) is 10.6. The summed E-state index contributed by atoms with van der Waals surface area (Å²) in [4.78, 5) is 14.2. The number of carbonyl (C=O) groups is 1. The maximum Gasteiger partial charge on any atom is 0.290 e. The number of anilines is 1. The first-order valence-corrected chi connectivity index (χ1v) is 6.43. The first-order chi connectivity index (χ1) is 9.25. The van der Waals surface area contributed by atoms with Crippen molar-refractivity contribution in [3.05, 3.63) is 54.0 Å². The van der Waals surface area contributed by atoms with Crippen molar-refractivity contribution in [3.63, 3.8) is 0 Å². The van der Waals surface area contributed by atoms with Crippen LogP contribution in [0.3, 0.4) is 0 Å². The van der Waals surface area contributed by atoms with E-state index in [2.05, 4.69) is 0 Å². The number of furan rings is 1. The van der Waals surface area contributed by atoms with Gasteiger partial charge in [0.25, 0.3) is 5.91 Å². The number of hydrogen-bond donors (Lipinski definition) is 1. The molecule has 0 bridgehead atoms. The molecule has 19 heavy (non-hydrogen) atoms. The third-order valence-corrected chi connectivity index (χ3v) is 3.38. The Balaban J connectivity index is 1.82. The Bertz CT molecular complexity index is 574. The molecular formula is C15H16N2O2. The van der Waals surface area contributed by atoms with E-state index in [4.69, 9.17) is 10.2 Å². The molecule has 1 amide bonds. The molecule has 98 valence electrons. The van der Waals surface area contributed by atoms with Crippen LogP contribution in [0.2, 0.25) is 0 Å². The number of para-hydroxylation sites is 1. The van der Waals surface area contributed by atoms with E-state index >= 15 is 0 Å². The van der Waals surface area contributed by atoms with Gasteiger partial charge in [-0.1, -0.05) is 18.2 Å².